The molecule has 0 unspecified atom stereocenters. The van der Waals surface area contributed by atoms with Crippen LogP contribution in [0.15, 0.2) is 0 Å². The van der Waals surface area contributed by atoms with Crippen molar-refractivity contribution in [1.82, 2.24) is 0 Å². The van der Waals surface area contributed by atoms with Gasteiger partial charge in [-0.1, -0.05) is 20.8 Å². The Morgan fingerprint density at radius 2 is 1.64 bits per heavy atom. The molecule has 0 fully saturated rings. The minimum absolute atomic E-state index is 0.540. The molecule has 0 saturated heterocycles. The highest BCUT2D eigenvalue weighted by atomic mass is 16.3. The lowest BCUT2D eigenvalue weighted by atomic mass is 9.94. The van der Waals surface area contributed by atoms with E-state index in [1.807, 2.05) is 20.8 Å². The van der Waals surface area contributed by atoms with Gasteiger partial charge in [-0.3, -0.25) is 0 Å². The van der Waals surface area contributed by atoms with Crippen molar-refractivity contribution in [3.8, 4) is 11.8 Å². The zero-order valence-electron chi connectivity index (χ0n) is 7.78. The molecule has 0 aromatic heterocycles. The van der Waals surface area contributed by atoms with Crippen LogP contribution >= 0.6 is 0 Å². The van der Waals surface area contributed by atoms with E-state index in [9.17, 15) is 5.11 Å². The first-order chi connectivity index (χ1) is 5.18. The zero-order valence-corrected chi connectivity index (χ0v) is 7.78. The molecule has 0 atom stereocenters. The van der Waals surface area contributed by atoms with E-state index in [4.69, 9.17) is 0 Å². The van der Waals surface area contributed by atoms with E-state index in [-0.39, 0.29) is 0 Å². The quantitative estimate of drug-likeness (QED) is 0.619. The van der Waals surface area contributed by atoms with Crippen LogP contribution in [0.1, 0.15) is 46.5 Å². The van der Waals surface area contributed by atoms with Gasteiger partial charge < -0.3 is 5.11 Å². The topological polar surface area (TPSA) is 20.2 Å². The Kier molecular flexibility index (Phi) is 4.98. The van der Waals surface area contributed by atoms with Gasteiger partial charge in [0, 0.05) is 12.8 Å². The van der Waals surface area contributed by atoms with Gasteiger partial charge in [-0.2, -0.15) is 0 Å². The summed E-state index contributed by atoms with van der Waals surface area (Å²) in [6.45, 7) is 6.01. The summed E-state index contributed by atoms with van der Waals surface area (Å²) in [7, 11) is 0. The van der Waals surface area contributed by atoms with Crippen LogP contribution in [0.4, 0.5) is 0 Å². The van der Waals surface area contributed by atoms with Gasteiger partial charge in [0.15, 0.2) is 0 Å². The number of hydrogen-bond donors (Lipinski definition) is 1. The summed E-state index contributed by atoms with van der Waals surface area (Å²) >= 11 is 0. The van der Waals surface area contributed by atoms with Crippen LogP contribution in [0, 0.1) is 11.8 Å². The summed E-state index contributed by atoms with van der Waals surface area (Å²) in [6, 6.07) is 0. The Labute approximate surface area is 69.8 Å². The lowest BCUT2D eigenvalue weighted by Gasteiger charge is -2.21. The monoisotopic (exact) mass is 154 g/mol. The van der Waals surface area contributed by atoms with Crippen LogP contribution in [0.25, 0.3) is 0 Å². The van der Waals surface area contributed by atoms with Crippen molar-refractivity contribution in [2.24, 2.45) is 0 Å². The van der Waals surface area contributed by atoms with E-state index in [2.05, 4.69) is 11.8 Å². The zero-order chi connectivity index (χ0) is 8.74. The van der Waals surface area contributed by atoms with Crippen molar-refractivity contribution in [3.05, 3.63) is 0 Å². The van der Waals surface area contributed by atoms with Crippen LogP contribution in [0.2, 0.25) is 0 Å². The molecule has 0 heterocycles. The normalized spacial score (nSPS) is 10.5. The molecule has 11 heavy (non-hydrogen) atoms. The van der Waals surface area contributed by atoms with Gasteiger partial charge in [-0.25, -0.2) is 0 Å². The highest BCUT2D eigenvalue weighted by Crippen LogP contribution is 2.17. The first-order valence-electron chi connectivity index (χ1n) is 4.36. The van der Waals surface area contributed by atoms with Crippen LogP contribution in [-0.2, 0) is 0 Å². The summed E-state index contributed by atoms with van der Waals surface area (Å²) < 4.78 is 0. The largest absolute Gasteiger partial charge is 0.389 e. The Morgan fingerprint density at radius 3 is 2.00 bits per heavy atom. The first-order valence-corrected chi connectivity index (χ1v) is 4.36. The predicted octanol–water partition coefficient (Wildman–Crippen LogP) is 2.34. The van der Waals surface area contributed by atoms with Crippen molar-refractivity contribution in [2.75, 3.05) is 0 Å². The molecular formula is C10H18O. The van der Waals surface area contributed by atoms with Gasteiger partial charge in [0.25, 0.3) is 0 Å². The summed E-state index contributed by atoms with van der Waals surface area (Å²) in [5, 5.41) is 9.75. The minimum atomic E-state index is -0.540. The summed E-state index contributed by atoms with van der Waals surface area (Å²) in [5.41, 5.74) is -0.540. The predicted molar refractivity (Wildman–Crippen MR) is 48.2 cm³/mol. The van der Waals surface area contributed by atoms with Crippen molar-refractivity contribution < 1.29 is 5.11 Å². The number of hydrogen-bond acceptors (Lipinski definition) is 1. The lowest BCUT2D eigenvalue weighted by molar-refractivity contribution is 0.0375. The number of aliphatic hydroxyl groups is 1. The van der Waals surface area contributed by atoms with Gasteiger partial charge in [-0.05, 0) is 12.8 Å². The third-order valence-electron chi connectivity index (χ3n) is 2.04. The third-order valence-corrected chi connectivity index (χ3v) is 2.04. The van der Waals surface area contributed by atoms with Crippen LogP contribution in [0.5, 0.6) is 0 Å². The van der Waals surface area contributed by atoms with E-state index >= 15 is 0 Å². The molecule has 0 aromatic carbocycles. The summed E-state index contributed by atoms with van der Waals surface area (Å²) in [4.78, 5) is 0. The van der Waals surface area contributed by atoms with E-state index in [0.717, 1.165) is 19.3 Å². The van der Waals surface area contributed by atoms with Crippen LogP contribution < -0.4 is 0 Å². The molecule has 0 aliphatic carbocycles. The minimum Gasteiger partial charge on any atom is -0.389 e. The molecule has 0 radical (unpaired) electrons. The highest BCUT2D eigenvalue weighted by Gasteiger charge is 2.19. The molecule has 0 aliphatic rings. The van der Waals surface area contributed by atoms with E-state index in [1.165, 1.54) is 0 Å². The maximum atomic E-state index is 9.75. The molecule has 0 aliphatic heterocycles. The van der Waals surface area contributed by atoms with E-state index < -0.39 is 5.60 Å². The molecule has 0 amide bonds. The van der Waals surface area contributed by atoms with Crippen molar-refractivity contribution >= 4 is 0 Å². The van der Waals surface area contributed by atoms with E-state index in [0.29, 0.717) is 6.42 Å². The average molecular weight is 154 g/mol. The van der Waals surface area contributed by atoms with Gasteiger partial charge >= 0.3 is 0 Å². The maximum Gasteiger partial charge on any atom is 0.0751 e. The Morgan fingerprint density at radius 1 is 1.09 bits per heavy atom. The molecule has 0 rings (SSSR count). The molecule has 1 heteroatoms. The third kappa shape index (κ3) is 4.06. The Hall–Kier alpha value is -0.480. The fourth-order valence-electron chi connectivity index (χ4n) is 0.852. The maximum absolute atomic E-state index is 9.75. The standard InChI is InChI=1S/C10H18O/c1-4-7-8-9-10(11,5-2)6-3/h11H,4-6,9H2,1-3H3. The Bertz CT molecular complexity index is 146. The fourth-order valence-corrected chi connectivity index (χ4v) is 0.852. The summed E-state index contributed by atoms with van der Waals surface area (Å²) in [6.07, 6.45) is 3.08. The van der Waals surface area contributed by atoms with Crippen LogP contribution in [0.3, 0.4) is 0 Å². The SMILES string of the molecule is CCC#CCC(O)(CC)CC. The van der Waals surface area contributed by atoms with Crippen LogP contribution in [-0.4, -0.2) is 10.7 Å². The van der Waals surface area contributed by atoms with Gasteiger partial charge in [-0.15, -0.1) is 11.8 Å². The fraction of sp³-hybridized carbons (Fsp3) is 0.800. The molecule has 0 spiro atoms. The first kappa shape index (κ1) is 10.5. The molecule has 1 N–H and O–H groups in total. The average Bonchev–Trinajstić information content (AvgIpc) is 2.05. The highest BCUT2D eigenvalue weighted by molar-refractivity contribution is 5.02. The number of rotatable bonds is 3. The molecular weight excluding hydrogens is 136 g/mol. The molecule has 0 bridgehead atoms. The van der Waals surface area contributed by atoms with Gasteiger partial charge in [0.2, 0.25) is 0 Å². The molecule has 0 saturated carbocycles. The van der Waals surface area contributed by atoms with Gasteiger partial charge in [0.05, 0.1) is 5.60 Å². The molecule has 64 valence electrons. The van der Waals surface area contributed by atoms with Gasteiger partial charge in [0.1, 0.15) is 0 Å². The Balaban J connectivity index is 3.87. The second kappa shape index (κ2) is 5.21. The van der Waals surface area contributed by atoms with Crippen molar-refractivity contribution in [2.45, 2.75) is 52.1 Å². The summed E-state index contributed by atoms with van der Waals surface area (Å²) in [5.74, 6) is 5.94. The lowest BCUT2D eigenvalue weighted by Crippen LogP contribution is -2.25. The second-order valence-corrected chi connectivity index (χ2v) is 2.82. The molecule has 1 nitrogen and oxygen atoms in total. The van der Waals surface area contributed by atoms with E-state index in [1.54, 1.807) is 0 Å². The second-order valence-electron chi connectivity index (χ2n) is 2.82. The van der Waals surface area contributed by atoms with Crippen molar-refractivity contribution in [1.29, 1.82) is 0 Å². The van der Waals surface area contributed by atoms with Crippen molar-refractivity contribution in [3.63, 3.8) is 0 Å². The smallest absolute Gasteiger partial charge is 0.0751 e. The molecule has 0 aromatic rings.